The van der Waals surface area contributed by atoms with Gasteiger partial charge in [0.25, 0.3) is 0 Å². The summed E-state index contributed by atoms with van der Waals surface area (Å²) in [6, 6.07) is 4.76. The molecule has 0 spiro atoms. The Labute approximate surface area is 201 Å². The molecule has 2 heterocycles. The number of urea groups is 1. The Bertz CT molecular complexity index is 1160. The predicted octanol–water partition coefficient (Wildman–Crippen LogP) is 6.36. The lowest BCUT2D eigenvalue weighted by Crippen LogP contribution is -2.46. The Morgan fingerprint density at radius 3 is 2.63 bits per heavy atom. The van der Waals surface area contributed by atoms with Crippen LogP contribution >= 0.6 is 0 Å². The summed E-state index contributed by atoms with van der Waals surface area (Å²) in [7, 11) is 1.45. The Hall–Kier alpha value is -3.30. The molecule has 0 aliphatic heterocycles. The summed E-state index contributed by atoms with van der Waals surface area (Å²) in [6.07, 6.45) is 0.183. The molecule has 0 fully saturated rings. The zero-order chi connectivity index (χ0) is 25.8. The molecule has 190 valence electrons. The number of halogens is 4. The molecule has 1 unspecified atom stereocenters. The summed E-state index contributed by atoms with van der Waals surface area (Å²) < 4.78 is 60.3. The average molecular weight is 495 g/mol. The highest BCUT2D eigenvalue weighted by Crippen LogP contribution is 2.36. The van der Waals surface area contributed by atoms with E-state index < -0.39 is 36.5 Å². The topological polar surface area (TPSA) is 58.9 Å². The molecule has 1 N–H and O–H groups in total. The van der Waals surface area contributed by atoms with Gasteiger partial charge in [-0.3, -0.25) is 0 Å². The quantitative estimate of drug-likeness (QED) is 0.352. The maximum Gasteiger partial charge on any atom is 0.389 e. The highest BCUT2D eigenvalue weighted by Gasteiger charge is 2.30. The third-order valence-electron chi connectivity index (χ3n) is 6.13. The number of imidazole rings is 1. The summed E-state index contributed by atoms with van der Waals surface area (Å²) in [6.45, 7) is 5.38. The molecule has 1 aromatic carbocycles. The Kier molecular flexibility index (Phi) is 8.24. The van der Waals surface area contributed by atoms with Crippen LogP contribution in [0.3, 0.4) is 0 Å². The van der Waals surface area contributed by atoms with Crippen molar-refractivity contribution in [3.05, 3.63) is 54.2 Å². The largest absolute Gasteiger partial charge is 0.496 e. The number of rotatable bonds is 9. The van der Waals surface area contributed by atoms with Crippen LogP contribution in [0.1, 0.15) is 51.6 Å². The molecule has 2 atom stereocenters. The first-order valence-electron chi connectivity index (χ1n) is 11.5. The second kappa shape index (κ2) is 11.0. The van der Waals surface area contributed by atoms with E-state index in [4.69, 9.17) is 4.74 Å². The number of nitrogens with zero attached hydrogens (tertiary/aromatic N) is 3. The fraction of sp³-hybridized carbons (Fsp3) is 0.440. The third kappa shape index (κ3) is 6.23. The van der Waals surface area contributed by atoms with E-state index in [0.717, 1.165) is 11.2 Å². The summed E-state index contributed by atoms with van der Waals surface area (Å²) >= 11 is 0. The van der Waals surface area contributed by atoms with Gasteiger partial charge in [-0.1, -0.05) is 6.92 Å². The summed E-state index contributed by atoms with van der Waals surface area (Å²) in [5.74, 6) is -0.208. The third-order valence-corrected chi connectivity index (χ3v) is 6.13. The first kappa shape index (κ1) is 26.3. The van der Waals surface area contributed by atoms with Crippen LogP contribution in [0.15, 0.2) is 42.9 Å². The number of aromatic nitrogens is 2. The van der Waals surface area contributed by atoms with E-state index in [1.54, 1.807) is 39.2 Å². The zero-order valence-electron chi connectivity index (χ0n) is 20.2. The number of pyridine rings is 1. The van der Waals surface area contributed by atoms with Gasteiger partial charge in [-0.05, 0) is 44.9 Å². The number of nitrogens with one attached hydrogen (secondary N) is 1. The van der Waals surface area contributed by atoms with E-state index in [9.17, 15) is 18.0 Å². The average Bonchev–Trinajstić information content (AvgIpc) is 3.29. The highest BCUT2D eigenvalue weighted by molar-refractivity contribution is 5.76. The normalized spacial score (nSPS) is 13.5. The minimum Gasteiger partial charge on any atom is -0.496 e. The van der Waals surface area contributed by atoms with Gasteiger partial charge in [0, 0.05) is 60.4 Å². The monoisotopic (exact) mass is 494 g/mol. The number of hydrogen-bond acceptors (Lipinski definition) is 3. The number of ether oxygens (including phenoxy) is 1. The maximum absolute atomic E-state index is 15.1. The van der Waals surface area contributed by atoms with Crippen LogP contribution in [0, 0.1) is 5.82 Å². The van der Waals surface area contributed by atoms with Gasteiger partial charge in [-0.15, -0.1) is 0 Å². The molecule has 10 heteroatoms. The van der Waals surface area contributed by atoms with Crippen LogP contribution in [-0.4, -0.2) is 46.2 Å². The number of methoxy groups -OCH3 is 1. The van der Waals surface area contributed by atoms with Crippen LogP contribution in [0.25, 0.3) is 16.8 Å². The van der Waals surface area contributed by atoms with Gasteiger partial charge in [-0.2, -0.15) is 13.2 Å². The number of carbonyl (C=O) groups excluding carboxylic acids is 1. The van der Waals surface area contributed by atoms with Crippen molar-refractivity contribution in [2.75, 3.05) is 13.7 Å². The molecular weight excluding hydrogens is 464 g/mol. The molecule has 2 aromatic heterocycles. The van der Waals surface area contributed by atoms with Crippen LogP contribution in [0.2, 0.25) is 0 Å². The van der Waals surface area contributed by atoms with Gasteiger partial charge in [0.15, 0.2) is 0 Å². The molecule has 0 aliphatic rings. The predicted molar refractivity (Wildman–Crippen MR) is 126 cm³/mol. The number of amides is 2. The van der Waals surface area contributed by atoms with Gasteiger partial charge < -0.3 is 19.4 Å². The smallest absolute Gasteiger partial charge is 0.389 e. The molecule has 2 amide bonds. The van der Waals surface area contributed by atoms with Gasteiger partial charge in [-0.25, -0.2) is 14.2 Å². The standard InChI is InChI=1S/C25H30F4N4O2/c1-5-18(9-10-25(27,28)29)31-24(34)33(6-2)16(3)19-13-20(22(35-4)14-21(19)26)17-7-8-23-30-11-12-32(23)15-17/h7-8,11-16,18H,5-6,9-10H2,1-4H3,(H,31,34)/t16-,18?/m1/s1. The van der Waals surface area contributed by atoms with Crippen molar-refractivity contribution in [3.8, 4) is 16.9 Å². The number of fused-ring (bicyclic) bond motifs is 1. The molecule has 0 saturated carbocycles. The molecule has 35 heavy (non-hydrogen) atoms. The molecule has 6 nitrogen and oxygen atoms in total. The van der Waals surface area contributed by atoms with Gasteiger partial charge >= 0.3 is 12.2 Å². The number of alkyl halides is 3. The Morgan fingerprint density at radius 2 is 2.00 bits per heavy atom. The van der Waals surface area contributed by atoms with Gasteiger partial charge in [0.05, 0.1) is 13.2 Å². The Morgan fingerprint density at radius 1 is 1.26 bits per heavy atom. The fourth-order valence-electron chi connectivity index (χ4n) is 4.10. The van der Waals surface area contributed by atoms with Crippen molar-refractivity contribution in [2.45, 2.75) is 58.3 Å². The lowest BCUT2D eigenvalue weighted by Gasteiger charge is -2.31. The zero-order valence-corrected chi connectivity index (χ0v) is 20.2. The molecule has 0 aliphatic carbocycles. The van der Waals surface area contributed by atoms with Gasteiger partial charge in [0.1, 0.15) is 17.2 Å². The molecule has 3 aromatic rings. The van der Waals surface area contributed by atoms with Crippen molar-refractivity contribution in [1.29, 1.82) is 0 Å². The lowest BCUT2D eigenvalue weighted by atomic mass is 9.98. The second-order valence-corrected chi connectivity index (χ2v) is 8.35. The van der Waals surface area contributed by atoms with Crippen molar-refractivity contribution >= 4 is 11.7 Å². The van der Waals surface area contributed by atoms with Crippen LogP contribution < -0.4 is 10.1 Å². The lowest BCUT2D eigenvalue weighted by molar-refractivity contribution is -0.136. The van der Waals surface area contributed by atoms with E-state index in [-0.39, 0.29) is 18.5 Å². The molecular formula is C25H30F4N4O2. The molecule has 3 rings (SSSR count). The van der Waals surface area contributed by atoms with Crippen molar-refractivity contribution < 1.29 is 27.1 Å². The van der Waals surface area contributed by atoms with Crippen LogP contribution in [0.5, 0.6) is 5.75 Å². The summed E-state index contributed by atoms with van der Waals surface area (Å²) in [5, 5.41) is 2.68. The van der Waals surface area contributed by atoms with E-state index in [2.05, 4.69) is 10.3 Å². The first-order chi connectivity index (χ1) is 16.6. The minimum absolute atomic E-state index is 0.213. The Balaban J connectivity index is 1.89. The summed E-state index contributed by atoms with van der Waals surface area (Å²) in [4.78, 5) is 18.6. The highest BCUT2D eigenvalue weighted by atomic mass is 19.4. The SMILES string of the molecule is CCC(CCC(F)(F)F)NC(=O)N(CC)[C@H](C)c1cc(-c2ccc3nccn3c2)c(OC)cc1F. The van der Waals surface area contributed by atoms with E-state index in [1.165, 1.54) is 18.1 Å². The van der Waals surface area contributed by atoms with E-state index >= 15 is 4.39 Å². The fourth-order valence-corrected chi connectivity index (χ4v) is 4.10. The van der Waals surface area contributed by atoms with Crippen molar-refractivity contribution in [3.63, 3.8) is 0 Å². The second-order valence-electron chi connectivity index (χ2n) is 8.35. The van der Waals surface area contributed by atoms with E-state index in [0.29, 0.717) is 17.7 Å². The number of benzene rings is 1. The number of carbonyl (C=O) groups is 1. The maximum atomic E-state index is 15.1. The van der Waals surface area contributed by atoms with Crippen molar-refractivity contribution in [2.24, 2.45) is 0 Å². The van der Waals surface area contributed by atoms with Crippen LogP contribution in [-0.2, 0) is 0 Å². The summed E-state index contributed by atoms with van der Waals surface area (Å²) in [5.41, 5.74) is 2.44. The van der Waals surface area contributed by atoms with E-state index in [1.807, 2.05) is 22.7 Å². The molecule has 0 radical (unpaired) electrons. The van der Waals surface area contributed by atoms with Gasteiger partial charge in [0.2, 0.25) is 0 Å². The number of hydrogen-bond donors (Lipinski definition) is 1. The molecule has 0 bridgehead atoms. The first-order valence-corrected chi connectivity index (χ1v) is 11.5. The van der Waals surface area contributed by atoms with Crippen LogP contribution in [0.4, 0.5) is 22.4 Å². The minimum atomic E-state index is -4.29. The van der Waals surface area contributed by atoms with Crippen molar-refractivity contribution in [1.82, 2.24) is 19.6 Å². The molecule has 0 saturated heterocycles.